The molecule has 168 valence electrons. The number of hydrogen-bond acceptors (Lipinski definition) is 6. The van der Waals surface area contributed by atoms with E-state index in [1.165, 1.54) is 6.20 Å². The number of halogens is 2. The monoisotopic (exact) mass is 456 g/mol. The van der Waals surface area contributed by atoms with E-state index >= 15 is 4.39 Å². The van der Waals surface area contributed by atoms with E-state index in [0.717, 1.165) is 5.56 Å². The molecule has 6 nitrogen and oxygen atoms in total. The van der Waals surface area contributed by atoms with Gasteiger partial charge in [0.2, 0.25) is 5.95 Å². The third-order valence-electron chi connectivity index (χ3n) is 6.17. The number of ether oxygens (including phenoxy) is 2. The van der Waals surface area contributed by atoms with Crippen LogP contribution in [0, 0.1) is 11.9 Å². The highest BCUT2D eigenvalue weighted by Gasteiger charge is 2.46. The van der Waals surface area contributed by atoms with Gasteiger partial charge in [-0.05, 0) is 35.9 Å². The fraction of sp³-hybridized carbons (Fsp3) is 0.115. The lowest BCUT2D eigenvalue weighted by Gasteiger charge is -2.39. The maximum Gasteiger partial charge on any atom is 0.283 e. The summed E-state index contributed by atoms with van der Waals surface area (Å²) in [4.78, 5) is 12.6. The normalized spacial score (nSPS) is 18.4. The minimum Gasteiger partial charge on any atom is -0.465 e. The van der Waals surface area contributed by atoms with Gasteiger partial charge in [0.25, 0.3) is 12.0 Å². The van der Waals surface area contributed by atoms with Gasteiger partial charge in [0, 0.05) is 34.9 Å². The van der Waals surface area contributed by atoms with Gasteiger partial charge in [0.05, 0.1) is 12.3 Å². The van der Waals surface area contributed by atoms with E-state index in [-0.39, 0.29) is 18.4 Å². The third-order valence-corrected chi connectivity index (χ3v) is 6.17. The molecule has 4 heterocycles. The number of hydrogen-bond donors (Lipinski definition) is 1. The van der Waals surface area contributed by atoms with Crippen LogP contribution in [0.4, 0.5) is 8.78 Å². The SMILES string of the molecule is NC1=N[C@]2(CCO1)c1cc(-c3cccnc3F)ccc1Oc1c2cc(-c2ccccc2)nc1F. The van der Waals surface area contributed by atoms with Gasteiger partial charge < -0.3 is 15.2 Å². The summed E-state index contributed by atoms with van der Waals surface area (Å²) in [5.74, 6) is -0.952. The van der Waals surface area contributed by atoms with E-state index in [1.807, 2.05) is 30.3 Å². The van der Waals surface area contributed by atoms with Crippen LogP contribution in [-0.4, -0.2) is 22.6 Å². The smallest absolute Gasteiger partial charge is 0.283 e. The van der Waals surface area contributed by atoms with Crippen LogP contribution in [0.3, 0.4) is 0 Å². The van der Waals surface area contributed by atoms with Crippen molar-refractivity contribution in [2.75, 3.05) is 6.61 Å². The number of benzene rings is 2. The molecule has 2 aromatic carbocycles. The average molecular weight is 456 g/mol. The largest absolute Gasteiger partial charge is 0.465 e. The molecule has 0 amide bonds. The first kappa shape index (κ1) is 20.3. The molecule has 1 atom stereocenters. The molecule has 34 heavy (non-hydrogen) atoms. The molecule has 4 aromatic rings. The Hall–Kier alpha value is -4.33. The molecule has 0 saturated carbocycles. The van der Waals surface area contributed by atoms with Crippen molar-refractivity contribution in [1.82, 2.24) is 9.97 Å². The number of rotatable bonds is 2. The van der Waals surface area contributed by atoms with Gasteiger partial charge in [0.1, 0.15) is 11.3 Å². The van der Waals surface area contributed by atoms with Gasteiger partial charge in [-0.3, -0.25) is 0 Å². The van der Waals surface area contributed by atoms with Crippen LogP contribution in [0.1, 0.15) is 17.5 Å². The van der Waals surface area contributed by atoms with Crippen LogP contribution in [0.2, 0.25) is 0 Å². The Morgan fingerprint density at radius 3 is 2.53 bits per heavy atom. The summed E-state index contributed by atoms with van der Waals surface area (Å²) in [5.41, 5.74) is 8.17. The summed E-state index contributed by atoms with van der Waals surface area (Å²) in [6.07, 6.45) is 1.77. The predicted molar refractivity (Wildman–Crippen MR) is 122 cm³/mol. The van der Waals surface area contributed by atoms with Gasteiger partial charge in [-0.25, -0.2) is 15.0 Å². The molecule has 0 saturated heterocycles. The van der Waals surface area contributed by atoms with Crippen molar-refractivity contribution < 1.29 is 18.3 Å². The van der Waals surface area contributed by atoms with E-state index < -0.39 is 17.4 Å². The molecular weight excluding hydrogens is 438 g/mol. The second kappa shape index (κ2) is 7.62. The predicted octanol–water partition coefficient (Wildman–Crippen LogP) is 5.17. The van der Waals surface area contributed by atoms with Crippen LogP contribution in [0.5, 0.6) is 11.5 Å². The van der Waals surface area contributed by atoms with Crippen LogP contribution < -0.4 is 10.5 Å². The molecule has 0 unspecified atom stereocenters. The summed E-state index contributed by atoms with van der Waals surface area (Å²) < 4.78 is 41.2. The van der Waals surface area contributed by atoms with Crippen LogP contribution in [0.15, 0.2) is 77.9 Å². The minimum atomic E-state index is -1.09. The lowest BCUT2D eigenvalue weighted by Crippen LogP contribution is -2.39. The van der Waals surface area contributed by atoms with Gasteiger partial charge in [-0.2, -0.15) is 8.78 Å². The highest BCUT2D eigenvalue weighted by molar-refractivity contribution is 5.77. The molecule has 6 rings (SSSR count). The number of fused-ring (bicyclic) bond motifs is 4. The Kier molecular flexibility index (Phi) is 4.55. The van der Waals surface area contributed by atoms with Crippen LogP contribution in [-0.2, 0) is 10.3 Å². The van der Waals surface area contributed by atoms with E-state index in [2.05, 4.69) is 15.0 Å². The molecule has 2 aliphatic rings. The molecule has 0 aliphatic carbocycles. The second-order valence-corrected chi connectivity index (χ2v) is 8.10. The number of pyridine rings is 2. The zero-order valence-electron chi connectivity index (χ0n) is 17.8. The minimum absolute atomic E-state index is 0.00839. The first-order chi connectivity index (χ1) is 16.5. The number of amidine groups is 1. The average Bonchev–Trinajstić information content (AvgIpc) is 2.86. The molecule has 0 bridgehead atoms. The molecule has 2 N–H and O–H groups in total. The van der Waals surface area contributed by atoms with Crippen molar-refractivity contribution >= 4 is 6.02 Å². The zero-order valence-corrected chi connectivity index (χ0v) is 17.8. The van der Waals surface area contributed by atoms with Gasteiger partial charge in [0.15, 0.2) is 5.75 Å². The van der Waals surface area contributed by atoms with Crippen molar-refractivity contribution in [2.45, 2.75) is 12.0 Å². The second-order valence-electron chi connectivity index (χ2n) is 8.10. The fourth-order valence-electron chi connectivity index (χ4n) is 4.60. The Balaban J connectivity index is 1.61. The number of aromatic nitrogens is 2. The summed E-state index contributed by atoms with van der Waals surface area (Å²) in [5, 5.41) is 0. The van der Waals surface area contributed by atoms with E-state index in [1.54, 1.807) is 36.4 Å². The standard InChI is InChI=1S/C26H18F2N4O2/c27-23-17(7-4-11-30-23)16-8-9-21-18(13-16)26(10-12-33-25(29)32-26)19-14-20(15-5-2-1-3-6-15)31-24(28)22(19)34-21/h1-9,11,13-14H,10,12H2,(H2,29,32)/t26-/m1/s1. The first-order valence-corrected chi connectivity index (χ1v) is 10.7. The Morgan fingerprint density at radius 1 is 0.882 bits per heavy atom. The van der Waals surface area contributed by atoms with E-state index in [0.29, 0.717) is 40.1 Å². The van der Waals surface area contributed by atoms with Gasteiger partial charge >= 0.3 is 0 Å². The number of aliphatic imine (C=N–C) groups is 1. The van der Waals surface area contributed by atoms with Crippen LogP contribution >= 0.6 is 0 Å². The zero-order chi connectivity index (χ0) is 23.3. The third kappa shape index (κ3) is 3.10. The lowest BCUT2D eigenvalue weighted by atomic mass is 9.77. The van der Waals surface area contributed by atoms with Crippen molar-refractivity contribution in [3.63, 3.8) is 0 Å². The maximum atomic E-state index is 15.3. The Labute approximate surface area is 193 Å². The Bertz CT molecular complexity index is 1460. The van der Waals surface area contributed by atoms with Crippen molar-refractivity contribution in [3.8, 4) is 33.9 Å². The fourth-order valence-corrected chi connectivity index (χ4v) is 4.60. The summed E-state index contributed by atoms with van der Waals surface area (Å²) >= 11 is 0. The Morgan fingerprint density at radius 2 is 1.74 bits per heavy atom. The highest BCUT2D eigenvalue weighted by Crippen LogP contribution is 2.53. The number of nitrogens with two attached hydrogens (primary N) is 1. The molecule has 8 heteroatoms. The molecule has 2 aromatic heterocycles. The quantitative estimate of drug-likeness (QED) is 0.421. The van der Waals surface area contributed by atoms with Crippen molar-refractivity contribution in [1.29, 1.82) is 0 Å². The molecule has 0 fully saturated rings. The maximum absolute atomic E-state index is 15.3. The van der Waals surface area contributed by atoms with E-state index in [9.17, 15) is 4.39 Å². The molecular formula is C26H18F2N4O2. The van der Waals surface area contributed by atoms with E-state index in [4.69, 9.17) is 15.2 Å². The van der Waals surface area contributed by atoms with Gasteiger partial charge in [-0.15, -0.1) is 0 Å². The molecule has 0 radical (unpaired) electrons. The summed E-state index contributed by atoms with van der Waals surface area (Å²) in [6.45, 7) is 0.268. The molecule has 1 spiro atoms. The topological polar surface area (TPSA) is 82.6 Å². The summed E-state index contributed by atoms with van der Waals surface area (Å²) in [6, 6.07) is 19.5. The lowest BCUT2D eigenvalue weighted by molar-refractivity contribution is 0.217. The van der Waals surface area contributed by atoms with Crippen LogP contribution in [0.25, 0.3) is 22.4 Å². The summed E-state index contributed by atoms with van der Waals surface area (Å²) in [7, 11) is 0. The number of nitrogens with zero attached hydrogens (tertiary/aromatic N) is 3. The first-order valence-electron chi connectivity index (χ1n) is 10.7. The van der Waals surface area contributed by atoms with Crippen molar-refractivity contribution in [2.24, 2.45) is 10.7 Å². The van der Waals surface area contributed by atoms with Crippen molar-refractivity contribution in [3.05, 3.63) is 95.9 Å². The molecule has 2 aliphatic heterocycles. The van der Waals surface area contributed by atoms with Gasteiger partial charge in [-0.1, -0.05) is 36.4 Å². The highest BCUT2D eigenvalue weighted by atomic mass is 19.1.